The van der Waals surface area contributed by atoms with E-state index in [1.165, 1.54) is 12.1 Å². The predicted molar refractivity (Wildman–Crippen MR) is 70.1 cm³/mol. The Kier molecular flexibility index (Phi) is 5.09. The van der Waals surface area contributed by atoms with Crippen LogP contribution in [0.3, 0.4) is 0 Å². The van der Waals surface area contributed by atoms with Gasteiger partial charge in [0.1, 0.15) is 0 Å². The SMILES string of the molecule is CCN(CCCl)C(=O)c1cc([N+](=O)[O-])ccc1C. The van der Waals surface area contributed by atoms with Crippen molar-refractivity contribution in [1.29, 1.82) is 0 Å². The molecule has 0 saturated carbocycles. The van der Waals surface area contributed by atoms with Crippen molar-refractivity contribution >= 4 is 23.2 Å². The van der Waals surface area contributed by atoms with Crippen LogP contribution in [0.25, 0.3) is 0 Å². The van der Waals surface area contributed by atoms with Gasteiger partial charge in [0.2, 0.25) is 0 Å². The first-order valence-corrected chi connectivity index (χ1v) is 6.15. The zero-order chi connectivity index (χ0) is 13.7. The first-order chi connectivity index (χ1) is 8.51. The monoisotopic (exact) mass is 270 g/mol. The van der Waals surface area contributed by atoms with E-state index in [0.29, 0.717) is 24.5 Å². The topological polar surface area (TPSA) is 63.5 Å². The van der Waals surface area contributed by atoms with Crippen molar-refractivity contribution in [2.45, 2.75) is 13.8 Å². The van der Waals surface area contributed by atoms with Crippen LogP contribution in [0.5, 0.6) is 0 Å². The molecule has 98 valence electrons. The molecule has 6 heteroatoms. The lowest BCUT2D eigenvalue weighted by Crippen LogP contribution is -2.33. The summed E-state index contributed by atoms with van der Waals surface area (Å²) >= 11 is 5.63. The molecule has 5 nitrogen and oxygen atoms in total. The van der Waals surface area contributed by atoms with Gasteiger partial charge >= 0.3 is 0 Å². The van der Waals surface area contributed by atoms with Gasteiger partial charge in [-0.2, -0.15) is 0 Å². The van der Waals surface area contributed by atoms with Crippen LogP contribution >= 0.6 is 11.6 Å². The maximum absolute atomic E-state index is 12.2. The summed E-state index contributed by atoms with van der Waals surface area (Å²) in [6.07, 6.45) is 0. The number of hydrogen-bond acceptors (Lipinski definition) is 3. The molecule has 0 aliphatic rings. The molecular weight excluding hydrogens is 256 g/mol. The number of rotatable bonds is 5. The average Bonchev–Trinajstić information content (AvgIpc) is 2.35. The zero-order valence-corrected chi connectivity index (χ0v) is 11.1. The van der Waals surface area contributed by atoms with Crippen LogP contribution in [0.4, 0.5) is 5.69 Å². The Morgan fingerprint density at radius 1 is 1.50 bits per heavy atom. The Bertz CT molecular complexity index is 463. The lowest BCUT2D eigenvalue weighted by Gasteiger charge is -2.20. The molecule has 0 unspecified atom stereocenters. The highest BCUT2D eigenvalue weighted by Crippen LogP contribution is 2.19. The summed E-state index contributed by atoms with van der Waals surface area (Å²) in [7, 11) is 0. The van der Waals surface area contributed by atoms with Crippen LogP contribution in [0.15, 0.2) is 18.2 Å². The number of benzene rings is 1. The van der Waals surface area contributed by atoms with Gasteiger partial charge < -0.3 is 4.90 Å². The predicted octanol–water partition coefficient (Wildman–Crippen LogP) is 2.60. The molecule has 0 aliphatic heterocycles. The highest BCUT2D eigenvalue weighted by molar-refractivity contribution is 6.18. The Balaban J connectivity index is 3.10. The maximum atomic E-state index is 12.2. The van der Waals surface area contributed by atoms with Gasteiger partial charge in [0, 0.05) is 36.7 Å². The molecule has 0 heterocycles. The van der Waals surface area contributed by atoms with E-state index in [1.807, 2.05) is 6.92 Å². The lowest BCUT2D eigenvalue weighted by molar-refractivity contribution is -0.384. The minimum absolute atomic E-state index is 0.0779. The van der Waals surface area contributed by atoms with Crippen molar-refractivity contribution in [3.05, 3.63) is 39.4 Å². The van der Waals surface area contributed by atoms with Gasteiger partial charge in [-0.3, -0.25) is 14.9 Å². The molecule has 0 bridgehead atoms. The second-order valence-corrected chi connectivity index (χ2v) is 4.21. The van der Waals surface area contributed by atoms with Crippen molar-refractivity contribution in [2.75, 3.05) is 19.0 Å². The maximum Gasteiger partial charge on any atom is 0.270 e. The first-order valence-electron chi connectivity index (χ1n) is 5.61. The van der Waals surface area contributed by atoms with Gasteiger partial charge in [-0.25, -0.2) is 0 Å². The van der Waals surface area contributed by atoms with E-state index >= 15 is 0 Å². The van der Waals surface area contributed by atoms with Gasteiger partial charge in [0.15, 0.2) is 0 Å². The number of aryl methyl sites for hydroxylation is 1. The molecule has 0 aliphatic carbocycles. The summed E-state index contributed by atoms with van der Waals surface area (Å²) in [6, 6.07) is 4.29. The standard InChI is InChI=1S/C12H15ClN2O3/c1-3-14(7-6-13)12(16)11-8-10(15(17)18)5-4-9(11)2/h4-5,8H,3,6-7H2,1-2H3. The highest BCUT2D eigenvalue weighted by Gasteiger charge is 2.18. The van der Waals surface area contributed by atoms with Crippen molar-refractivity contribution < 1.29 is 9.72 Å². The Morgan fingerprint density at radius 2 is 2.17 bits per heavy atom. The van der Waals surface area contributed by atoms with E-state index in [4.69, 9.17) is 11.6 Å². The summed E-state index contributed by atoms with van der Waals surface area (Å²) in [6.45, 7) is 4.55. The van der Waals surface area contributed by atoms with E-state index in [9.17, 15) is 14.9 Å². The van der Waals surface area contributed by atoms with Crippen LogP contribution in [0.1, 0.15) is 22.8 Å². The van der Waals surface area contributed by atoms with Gasteiger partial charge in [-0.15, -0.1) is 11.6 Å². The number of nitro groups is 1. The first kappa shape index (κ1) is 14.4. The molecule has 18 heavy (non-hydrogen) atoms. The molecule has 0 radical (unpaired) electrons. The number of non-ortho nitro benzene ring substituents is 1. The van der Waals surface area contributed by atoms with Gasteiger partial charge in [0.05, 0.1) is 4.92 Å². The average molecular weight is 271 g/mol. The fourth-order valence-corrected chi connectivity index (χ4v) is 1.83. The third kappa shape index (κ3) is 3.20. The van der Waals surface area contributed by atoms with Gasteiger partial charge in [-0.1, -0.05) is 6.07 Å². The van der Waals surface area contributed by atoms with Crippen LogP contribution in [0.2, 0.25) is 0 Å². The second-order valence-electron chi connectivity index (χ2n) is 3.83. The number of amides is 1. The molecule has 0 atom stereocenters. The number of hydrogen-bond donors (Lipinski definition) is 0. The molecule has 0 fully saturated rings. The van der Waals surface area contributed by atoms with Crippen molar-refractivity contribution in [2.24, 2.45) is 0 Å². The number of nitrogens with zero attached hydrogens (tertiary/aromatic N) is 2. The summed E-state index contributed by atoms with van der Waals surface area (Å²) in [4.78, 5) is 24.0. The largest absolute Gasteiger partial charge is 0.338 e. The number of nitro benzene ring substituents is 1. The number of alkyl halides is 1. The molecule has 1 rings (SSSR count). The van der Waals surface area contributed by atoms with Crippen LogP contribution in [-0.4, -0.2) is 34.7 Å². The van der Waals surface area contributed by atoms with Crippen molar-refractivity contribution in [3.63, 3.8) is 0 Å². The summed E-state index contributed by atoms with van der Waals surface area (Å²) in [5.74, 6) is 0.118. The van der Waals surface area contributed by atoms with Crippen LogP contribution < -0.4 is 0 Å². The smallest absolute Gasteiger partial charge is 0.270 e. The fraction of sp³-hybridized carbons (Fsp3) is 0.417. The lowest BCUT2D eigenvalue weighted by atomic mass is 10.1. The van der Waals surface area contributed by atoms with E-state index in [2.05, 4.69) is 0 Å². The molecule has 0 saturated heterocycles. The summed E-state index contributed by atoms with van der Waals surface area (Å²) in [5.41, 5.74) is 1.00. The highest BCUT2D eigenvalue weighted by atomic mass is 35.5. The van der Waals surface area contributed by atoms with Crippen LogP contribution in [0, 0.1) is 17.0 Å². The molecule has 0 N–H and O–H groups in total. The fourth-order valence-electron chi connectivity index (χ4n) is 1.63. The normalized spacial score (nSPS) is 10.2. The summed E-state index contributed by atoms with van der Waals surface area (Å²) < 4.78 is 0. The zero-order valence-electron chi connectivity index (χ0n) is 10.4. The molecule has 0 spiro atoms. The van der Waals surface area contributed by atoms with Gasteiger partial charge in [0.25, 0.3) is 11.6 Å². The van der Waals surface area contributed by atoms with E-state index in [-0.39, 0.29) is 11.6 Å². The number of halogens is 1. The third-order valence-electron chi connectivity index (χ3n) is 2.69. The Morgan fingerprint density at radius 3 is 2.67 bits per heavy atom. The van der Waals surface area contributed by atoms with E-state index in [1.54, 1.807) is 17.9 Å². The minimum atomic E-state index is -0.506. The third-order valence-corrected chi connectivity index (χ3v) is 2.85. The summed E-state index contributed by atoms with van der Waals surface area (Å²) in [5, 5.41) is 10.7. The van der Waals surface area contributed by atoms with Crippen LogP contribution in [-0.2, 0) is 0 Å². The van der Waals surface area contributed by atoms with Crippen molar-refractivity contribution in [1.82, 2.24) is 4.90 Å². The molecule has 1 aromatic carbocycles. The van der Waals surface area contributed by atoms with E-state index < -0.39 is 4.92 Å². The van der Waals surface area contributed by atoms with E-state index in [0.717, 1.165) is 5.56 Å². The Hall–Kier alpha value is -1.62. The van der Waals surface area contributed by atoms with Crippen molar-refractivity contribution in [3.8, 4) is 0 Å². The molecule has 1 aromatic rings. The molecule has 0 aromatic heterocycles. The number of carbonyl (C=O) groups excluding carboxylic acids is 1. The molecule has 1 amide bonds. The second kappa shape index (κ2) is 6.35. The Labute approximate surface area is 110 Å². The quantitative estimate of drug-likeness (QED) is 0.469. The molecular formula is C12H15ClN2O3. The number of carbonyl (C=O) groups is 1. The van der Waals surface area contributed by atoms with Gasteiger partial charge in [-0.05, 0) is 19.4 Å². The minimum Gasteiger partial charge on any atom is -0.338 e.